The van der Waals surface area contributed by atoms with Crippen molar-refractivity contribution >= 4 is 11.9 Å². The average Bonchev–Trinajstić information content (AvgIpc) is 2.64. The second-order valence-electron chi connectivity index (χ2n) is 5.37. The summed E-state index contributed by atoms with van der Waals surface area (Å²) >= 11 is 0. The van der Waals surface area contributed by atoms with Crippen molar-refractivity contribution in [2.75, 3.05) is 11.9 Å². The number of aromatic nitrogens is 2. The monoisotopic (exact) mass is 293 g/mol. The summed E-state index contributed by atoms with van der Waals surface area (Å²) < 4.78 is 4.95. The number of hydrogen-bond acceptors (Lipinski definition) is 6. The highest BCUT2D eigenvalue weighted by Crippen LogP contribution is 2.20. The third-order valence-electron chi connectivity index (χ3n) is 3.77. The lowest BCUT2D eigenvalue weighted by atomic mass is 10.1. The van der Waals surface area contributed by atoms with E-state index in [4.69, 9.17) is 4.74 Å². The van der Waals surface area contributed by atoms with E-state index < -0.39 is 5.97 Å². The van der Waals surface area contributed by atoms with Crippen molar-refractivity contribution in [3.8, 4) is 0 Å². The number of nitrogens with zero attached hydrogens (tertiary/aromatic N) is 2. The molecule has 1 aliphatic rings. The first-order chi connectivity index (χ1) is 10.1. The van der Waals surface area contributed by atoms with Crippen LogP contribution in [0.4, 0.5) is 5.95 Å². The highest BCUT2D eigenvalue weighted by molar-refractivity contribution is 5.90. The minimum atomic E-state index is -0.406. The summed E-state index contributed by atoms with van der Waals surface area (Å²) in [6.07, 6.45) is 6.11. The van der Waals surface area contributed by atoms with Gasteiger partial charge in [-0.3, -0.25) is 0 Å². The normalized spacial score (nSPS) is 22.4. The maximum atomic E-state index is 11.7. The number of aliphatic hydroxyl groups excluding tert-OH is 1. The zero-order valence-electron chi connectivity index (χ0n) is 12.6. The van der Waals surface area contributed by atoms with Crippen molar-refractivity contribution < 1.29 is 14.6 Å². The number of rotatable bonds is 4. The van der Waals surface area contributed by atoms with Gasteiger partial charge in [-0.05, 0) is 26.7 Å². The lowest BCUT2D eigenvalue weighted by Crippen LogP contribution is -2.33. The summed E-state index contributed by atoms with van der Waals surface area (Å²) in [5, 5.41) is 13.3. The molecule has 2 rings (SSSR count). The number of aryl methyl sites for hydroxylation is 1. The van der Waals surface area contributed by atoms with Gasteiger partial charge in [-0.1, -0.05) is 19.3 Å². The van der Waals surface area contributed by atoms with E-state index in [-0.39, 0.29) is 12.1 Å². The van der Waals surface area contributed by atoms with E-state index in [1.54, 1.807) is 13.8 Å². The quantitative estimate of drug-likeness (QED) is 0.653. The van der Waals surface area contributed by atoms with E-state index in [9.17, 15) is 9.90 Å². The first-order valence-corrected chi connectivity index (χ1v) is 7.57. The number of carbonyl (C=O) groups is 1. The number of anilines is 1. The Kier molecular flexibility index (Phi) is 5.50. The van der Waals surface area contributed by atoms with Crippen molar-refractivity contribution in [3.63, 3.8) is 0 Å². The highest BCUT2D eigenvalue weighted by Gasteiger charge is 2.22. The Morgan fingerprint density at radius 1 is 1.43 bits per heavy atom. The summed E-state index contributed by atoms with van der Waals surface area (Å²) in [6.45, 7) is 3.84. The molecule has 2 N–H and O–H groups in total. The van der Waals surface area contributed by atoms with Crippen LogP contribution in [-0.2, 0) is 4.74 Å². The Morgan fingerprint density at radius 2 is 2.19 bits per heavy atom. The standard InChI is InChI=1S/C15H23N3O3/c1-3-21-14(20)11-9-16-15(17-10(11)2)18-12-7-5-4-6-8-13(12)19/h9,12-13,19H,3-8H2,1-2H3,(H,16,17,18). The van der Waals surface area contributed by atoms with Crippen LogP contribution in [-0.4, -0.2) is 39.8 Å². The van der Waals surface area contributed by atoms with Gasteiger partial charge in [0.2, 0.25) is 5.95 Å². The SMILES string of the molecule is CCOC(=O)c1cnc(NC2CCCCCC2O)nc1C. The molecule has 0 spiro atoms. The molecule has 1 heterocycles. The Hall–Kier alpha value is -1.69. The van der Waals surface area contributed by atoms with E-state index >= 15 is 0 Å². The molecule has 1 aromatic rings. The number of aliphatic hydroxyl groups is 1. The molecular weight excluding hydrogens is 270 g/mol. The van der Waals surface area contributed by atoms with Crippen molar-refractivity contribution in [3.05, 3.63) is 17.5 Å². The molecule has 2 atom stereocenters. The van der Waals surface area contributed by atoms with Gasteiger partial charge < -0.3 is 15.2 Å². The Labute approximate surface area is 124 Å². The smallest absolute Gasteiger partial charge is 0.341 e. The molecule has 1 saturated carbocycles. The number of ether oxygens (including phenoxy) is 1. The number of carbonyl (C=O) groups excluding carboxylic acids is 1. The van der Waals surface area contributed by atoms with Crippen molar-refractivity contribution in [2.24, 2.45) is 0 Å². The minimum Gasteiger partial charge on any atom is -0.462 e. The second-order valence-corrected chi connectivity index (χ2v) is 5.37. The second kappa shape index (κ2) is 7.36. The molecule has 21 heavy (non-hydrogen) atoms. The summed E-state index contributed by atoms with van der Waals surface area (Å²) in [5.41, 5.74) is 0.956. The van der Waals surface area contributed by atoms with Crippen LogP contribution < -0.4 is 5.32 Å². The first kappa shape index (κ1) is 15.7. The molecule has 0 saturated heterocycles. The molecule has 0 radical (unpaired) electrons. The molecule has 0 bridgehead atoms. The van der Waals surface area contributed by atoms with Crippen LogP contribution in [0, 0.1) is 6.92 Å². The molecule has 0 amide bonds. The third kappa shape index (κ3) is 4.14. The van der Waals surface area contributed by atoms with Crippen LogP contribution in [0.2, 0.25) is 0 Å². The molecule has 116 valence electrons. The van der Waals surface area contributed by atoms with Crippen molar-refractivity contribution in [2.45, 2.75) is 58.1 Å². The van der Waals surface area contributed by atoms with Crippen LogP contribution >= 0.6 is 0 Å². The van der Waals surface area contributed by atoms with Gasteiger partial charge in [0.1, 0.15) is 0 Å². The summed E-state index contributed by atoms with van der Waals surface area (Å²) in [6, 6.07) is -0.0275. The predicted octanol–water partition coefficient (Wildman–Crippen LogP) is 2.07. The van der Waals surface area contributed by atoms with E-state index in [0.29, 0.717) is 23.8 Å². The predicted molar refractivity (Wildman–Crippen MR) is 79.2 cm³/mol. The zero-order valence-corrected chi connectivity index (χ0v) is 12.6. The van der Waals surface area contributed by atoms with Gasteiger partial charge in [0.15, 0.2) is 0 Å². The van der Waals surface area contributed by atoms with Crippen LogP contribution in [0.1, 0.15) is 55.1 Å². The molecule has 6 nitrogen and oxygen atoms in total. The highest BCUT2D eigenvalue weighted by atomic mass is 16.5. The van der Waals surface area contributed by atoms with E-state index in [1.165, 1.54) is 6.20 Å². The maximum absolute atomic E-state index is 11.7. The lowest BCUT2D eigenvalue weighted by molar-refractivity contribution is 0.0524. The van der Waals surface area contributed by atoms with Gasteiger partial charge in [0.05, 0.1) is 30.0 Å². The first-order valence-electron chi connectivity index (χ1n) is 7.57. The fourth-order valence-electron chi connectivity index (χ4n) is 2.57. The van der Waals surface area contributed by atoms with Crippen LogP contribution in [0.3, 0.4) is 0 Å². The topological polar surface area (TPSA) is 84.3 Å². The minimum absolute atomic E-state index is 0.0275. The van der Waals surface area contributed by atoms with Gasteiger partial charge in [0.25, 0.3) is 0 Å². The number of hydrogen-bond donors (Lipinski definition) is 2. The molecule has 6 heteroatoms. The zero-order chi connectivity index (χ0) is 15.2. The van der Waals surface area contributed by atoms with Crippen molar-refractivity contribution in [1.82, 2.24) is 9.97 Å². The molecule has 1 fully saturated rings. The van der Waals surface area contributed by atoms with Gasteiger partial charge in [-0.15, -0.1) is 0 Å². The summed E-state index contributed by atoms with van der Waals surface area (Å²) in [4.78, 5) is 20.2. The molecule has 2 unspecified atom stereocenters. The molecule has 0 aliphatic heterocycles. The number of nitrogens with one attached hydrogen (secondary N) is 1. The van der Waals surface area contributed by atoms with Crippen LogP contribution in [0.5, 0.6) is 0 Å². The fourth-order valence-corrected chi connectivity index (χ4v) is 2.57. The van der Waals surface area contributed by atoms with Crippen LogP contribution in [0.25, 0.3) is 0 Å². The van der Waals surface area contributed by atoms with Crippen LogP contribution in [0.15, 0.2) is 6.20 Å². The largest absolute Gasteiger partial charge is 0.462 e. The fraction of sp³-hybridized carbons (Fsp3) is 0.667. The molecule has 1 aliphatic carbocycles. The molecule has 0 aromatic carbocycles. The lowest BCUT2D eigenvalue weighted by Gasteiger charge is -2.21. The van der Waals surface area contributed by atoms with Gasteiger partial charge in [-0.2, -0.15) is 0 Å². The molecule has 1 aromatic heterocycles. The van der Waals surface area contributed by atoms with E-state index in [2.05, 4.69) is 15.3 Å². The van der Waals surface area contributed by atoms with Gasteiger partial charge in [0, 0.05) is 6.20 Å². The molecular formula is C15H23N3O3. The van der Waals surface area contributed by atoms with E-state index in [0.717, 1.165) is 32.1 Å². The van der Waals surface area contributed by atoms with E-state index in [1.807, 2.05) is 0 Å². The Bertz CT molecular complexity index is 493. The Morgan fingerprint density at radius 3 is 2.90 bits per heavy atom. The van der Waals surface area contributed by atoms with Gasteiger partial charge in [-0.25, -0.2) is 14.8 Å². The summed E-state index contributed by atoms with van der Waals surface area (Å²) in [5.74, 6) is 0.0440. The third-order valence-corrected chi connectivity index (χ3v) is 3.77. The maximum Gasteiger partial charge on any atom is 0.341 e. The summed E-state index contributed by atoms with van der Waals surface area (Å²) in [7, 11) is 0. The Balaban J connectivity index is 2.07. The number of esters is 1. The van der Waals surface area contributed by atoms with Crippen molar-refractivity contribution in [1.29, 1.82) is 0 Å². The van der Waals surface area contributed by atoms with Gasteiger partial charge >= 0.3 is 5.97 Å². The average molecular weight is 293 g/mol.